The van der Waals surface area contributed by atoms with Crippen LogP contribution in [0.5, 0.6) is 17.2 Å². The van der Waals surface area contributed by atoms with Crippen molar-refractivity contribution in [2.45, 2.75) is 20.4 Å². The molecule has 0 atom stereocenters. The summed E-state index contributed by atoms with van der Waals surface area (Å²) >= 11 is 6.98. The highest BCUT2D eigenvalue weighted by atomic mass is 35.5. The summed E-state index contributed by atoms with van der Waals surface area (Å²) in [6.07, 6.45) is 1.73. The third-order valence-electron chi connectivity index (χ3n) is 6.36. The fourth-order valence-electron chi connectivity index (χ4n) is 4.37. The first kappa shape index (κ1) is 26.6. The van der Waals surface area contributed by atoms with Crippen molar-refractivity contribution in [2.24, 2.45) is 0 Å². The standard InChI is InChI=1S/C30H24ClFN2O4S/c1-18-14-21(15-28-29(35)33(30(36)39-28)17-20-4-5-22(32)16-27(20)31)19(2)34(18)23-6-8-25(9-7-23)38-26-12-10-24(37-3)11-13-26/h4-16H,17H2,1-3H3/b28-15-. The zero-order valence-corrected chi connectivity index (χ0v) is 23.0. The quantitative estimate of drug-likeness (QED) is 0.214. The van der Waals surface area contributed by atoms with Gasteiger partial charge in [-0.2, -0.15) is 0 Å². The smallest absolute Gasteiger partial charge is 0.293 e. The fourth-order valence-corrected chi connectivity index (χ4v) is 5.43. The highest BCUT2D eigenvalue weighted by molar-refractivity contribution is 8.18. The number of carbonyl (C=O) groups excluding carboxylic acids is 2. The zero-order chi connectivity index (χ0) is 27.7. The molecule has 0 saturated carbocycles. The molecule has 0 bridgehead atoms. The van der Waals surface area contributed by atoms with Gasteiger partial charge in [0.1, 0.15) is 23.1 Å². The second kappa shape index (κ2) is 11.0. The SMILES string of the molecule is COc1ccc(Oc2ccc(-n3c(C)cc(/C=C4\SC(=O)N(Cc5ccc(F)cc5Cl)C4=O)c3C)cc2)cc1. The van der Waals surface area contributed by atoms with Gasteiger partial charge in [-0.25, -0.2) is 4.39 Å². The number of methoxy groups -OCH3 is 1. The van der Waals surface area contributed by atoms with E-state index >= 15 is 0 Å². The van der Waals surface area contributed by atoms with Gasteiger partial charge in [-0.3, -0.25) is 14.5 Å². The van der Waals surface area contributed by atoms with Crippen LogP contribution < -0.4 is 9.47 Å². The van der Waals surface area contributed by atoms with Gasteiger partial charge in [0.05, 0.1) is 18.6 Å². The summed E-state index contributed by atoms with van der Waals surface area (Å²) in [5.41, 5.74) is 4.16. The van der Waals surface area contributed by atoms with Gasteiger partial charge in [-0.1, -0.05) is 17.7 Å². The number of aromatic nitrogens is 1. The van der Waals surface area contributed by atoms with E-state index in [-0.39, 0.29) is 11.6 Å². The van der Waals surface area contributed by atoms with E-state index < -0.39 is 17.0 Å². The van der Waals surface area contributed by atoms with Gasteiger partial charge in [0, 0.05) is 22.1 Å². The van der Waals surface area contributed by atoms with E-state index in [4.69, 9.17) is 21.1 Å². The molecular formula is C30H24ClFN2O4S. The summed E-state index contributed by atoms with van der Waals surface area (Å²) < 4.78 is 26.6. The molecule has 6 nitrogen and oxygen atoms in total. The van der Waals surface area contributed by atoms with E-state index in [1.165, 1.54) is 18.2 Å². The van der Waals surface area contributed by atoms with E-state index in [0.29, 0.717) is 22.0 Å². The number of carbonyl (C=O) groups is 2. The number of halogens is 2. The van der Waals surface area contributed by atoms with Crippen molar-refractivity contribution in [1.82, 2.24) is 9.47 Å². The van der Waals surface area contributed by atoms with Crippen LogP contribution >= 0.6 is 23.4 Å². The van der Waals surface area contributed by atoms with E-state index in [1.807, 2.05) is 68.4 Å². The molecular weight excluding hydrogens is 539 g/mol. The molecule has 1 aliphatic heterocycles. The van der Waals surface area contributed by atoms with Crippen molar-refractivity contribution in [3.63, 3.8) is 0 Å². The molecule has 1 fully saturated rings. The molecule has 0 unspecified atom stereocenters. The topological polar surface area (TPSA) is 60.8 Å². The fraction of sp³-hybridized carbons (Fsp3) is 0.133. The first-order valence-electron chi connectivity index (χ1n) is 12.0. The van der Waals surface area contributed by atoms with E-state index in [9.17, 15) is 14.0 Å². The van der Waals surface area contributed by atoms with Crippen molar-refractivity contribution in [3.8, 4) is 22.9 Å². The number of aryl methyl sites for hydroxylation is 1. The Morgan fingerprint density at radius 3 is 2.21 bits per heavy atom. The molecule has 198 valence electrons. The predicted molar refractivity (Wildman–Crippen MR) is 151 cm³/mol. The average molecular weight is 563 g/mol. The van der Waals surface area contributed by atoms with Gasteiger partial charge in [-0.05, 0) is 110 Å². The lowest BCUT2D eigenvalue weighted by molar-refractivity contribution is -0.123. The number of ether oxygens (including phenoxy) is 2. The lowest BCUT2D eigenvalue weighted by atomic mass is 10.2. The maximum absolute atomic E-state index is 13.4. The minimum Gasteiger partial charge on any atom is -0.497 e. The molecule has 4 aromatic rings. The molecule has 39 heavy (non-hydrogen) atoms. The van der Waals surface area contributed by atoms with Crippen molar-refractivity contribution in [3.05, 3.63) is 111 Å². The van der Waals surface area contributed by atoms with Crippen molar-refractivity contribution >= 4 is 40.6 Å². The summed E-state index contributed by atoms with van der Waals surface area (Å²) in [5, 5.41) is -0.227. The van der Waals surface area contributed by atoms with Crippen molar-refractivity contribution < 1.29 is 23.5 Å². The van der Waals surface area contributed by atoms with Crippen LogP contribution in [0.1, 0.15) is 22.5 Å². The Balaban J connectivity index is 1.34. The molecule has 2 amide bonds. The van der Waals surface area contributed by atoms with Crippen molar-refractivity contribution in [2.75, 3.05) is 7.11 Å². The predicted octanol–water partition coefficient (Wildman–Crippen LogP) is 7.92. The second-order valence-electron chi connectivity index (χ2n) is 8.94. The third-order valence-corrected chi connectivity index (χ3v) is 7.62. The number of rotatable bonds is 7. The van der Waals surface area contributed by atoms with Gasteiger partial charge in [0.25, 0.3) is 11.1 Å². The maximum Gasteiger partial charge on any atom is 0.293 e. The van der Waals surface area contributed by atoms with Crippen LogP contribution in [-0.2, 0) is 11.3 Å². The normalized spacial score (nSPS) is 14.4. The molecule has 3 aromatic carbocycles. The van der Waals surface area contributed by atoms with Crippen LogP contribution in [0.3, 0.4) is 0 Å². The minimum absolute atomic E-state index is 0.0227. The molecule has 0 N–H and O–H groups in total. The zero-order valence-electron chi connectivity index (χ0n) is 21.4. The Hall–Kier alpha value is -4.01. The van der Waals surface area contributed by atoms with Crippen LogP contribution in [0, 0.1) is 19.7 Å². The Bertz CT molecular complexity index is 1600. The Labute approximate surface area is 234 Å². The van der Waals surface area contributed by atoms with Gasteiger partial charge in [0.15, 0.2) is 0 Å². The van der Waals surface area contributed by atoms with Gasteiger partial charge in [-0.15, -0.1) is 0 Å². The van der Waals surface area contributed by atoms with Crippen LogP contribution in [0.2, 0.25) is 5.02 Å². The van der Waals surface area contributed by atoms with Gasteiger partial charge < -0.3 is 14.0 Å². The Morgan fingerprint density at radius 2 is 1.56 bits per heavy atom. The lowest BCUT2D eigenvalue weighted by Crippen LogP contribution is -2.27. The first-order chi connectivity index (χ1) is 18.7. The molecule has 0 aliphatic carbocycles. The monoisotopic (exact) mass is 562 g/mol. The summed E-state index contributed by atoms with van der Waals surface area (Å²) in [4.78, 5) is 27.1. The largest absolute Gasteiger partial charge is 0.497 e. The molecule has 0 spiro atoms. The van der Waals surface area contributed by atoms with Crippen LogP contribution in [-0.4, -0.2) is 27.7 Å². The van der Waals surface area contributed by atoms with Gasteiger partial charge >= 0.3 is 0 Å². The number of nitrogens with zero attached hydrogens (tertiary/aromatic N) is 2. The van der Waals surface area contributed by atoms with E-state index in [0.717, 1.165) is 45.1 Å². The maximum atomic E-state index is 13.4. The van der Waals surface area contributed by atoms with Crippen LogP contribution in [0.25, 0.3) is 11.8 Å². The van der Waals surface area contributed by atoms with Crippen molar-refractivity contribution in [1.29, 1.82) is 0 Å². The Morgan fingerprint density at radius 1 is 0.923 bits per heavy atom. The van der Waals surface area contributed by atoms with E-state index in [2.05, 4.69) is 4.57 Å². The highest BCUT2D eigenvalue weighted by Gasteiger charge is 2.35. The first-order valence-corrected chi connectivity index (χ1v) is 13.2. The van der Waals surface area contributed by atoms with Crippen LogP contribution in [0.4, 0.5) is 9.18 Å². The summed E-state index contributed by atoms with van der Waals surface area (Å²) in [7, 11) is 1.62. The molecule has 2 heterocycles. The number of amides is 2. The summed E-state index contributed by atoms with van der Waals surface area (Å²) in [6.45, 7) is 3.92. The number of imide groups is 1. The molecule has 9 heteroatoms. The highest BCUT2D eigenvalue weighted by Crippen LogP contribution is 2.36. The molecule has 1 aliphatic rings. The minimum atomic E-state index is -0.479. The van der Waals surface area contributed by atoms with E-state index in [1.54, 1.807) is 13.2 Å². The van der Waals surface area contributed by atoms with Crippen LogP contribution in [0.15, 0.2) is 77.7 Å². The summed E-state index contributed by atoms with van der Waals surface area (Å²) in [5.74, 6) is 1.27. The molecule has 1 aromatic heterocycles. The number of hydrogen-bond acceptors (Lipinski definition) is 5. The average Bonchev–Trinajstić information content (AvgIpc) is 3.35. The number of benzene rings is 3. The Kier molecular flexibility index (Phi) is 7.50. The van der Waals surface area contributed by atoms with Gasteiger partial charge in [0.2, 0.25) is 0 Å². The third kappa shape index (κ3) is 5.57. The molecule has 0 radical (unpaired) electrons. The summed E-state index contributed by atoms with van der Waals surface area (Å²) in [6, 6.07) is 20.9. The molecule has 1 saturated heterocycles. The molecule has 5 rings (SSSR count). The lowest BCUT2D eigenvalue weighted by Gasteiger charge is -2.13. The second-order valence-corrected chi connectivity index (χ2v) is 10.3. The number of hydrogen-bond donors (Lipinski definition) is 0. The number of thioether (sulfide) groups is 1.